The van der Waals surface area contributed by atoms with Gasteiger partial charge in [0.25, 0.3) is 0 Å². The zero-order chi connectivity index (χ0) is 13.7. The van der Waals surface area contributed by atoms with Gasteiger partial charge in [-0.25, -0.2) is 0 Å². The van der Waals surface area contributed by atoms with Gasteiger partial charge in [-0.2, -0.15) is 0 Å². The van der Waals surface area contributed by atoms with Crippen molar-refractivity contribution in [3.8, 4) is 5.75 Å². The molecule has 1 aliphatic rings. The van der Waals surface area contributed by atoms with Gasteiger partial charge in [0, 0.05) is 6.54 Å². The first-order valence-corrected chi connectivity index (χ1v) is 7.33. The predicted molar refractivity (Wildman–Crippen MR) is 81.2 cm³/mol. The van der Waals surface area contributed by atoms with Crippen LogP contribution in [0.2, 0.25) is 0 Å². The third kappa shape index (κ3) is 3.87. The lowest BCUT2D eigenvalue weighted by molar-refractivity contribution is 0.387. The number of hydrogen-bond donors (Lipinski definition) is 2. The molecular weight excluding hydrogens is 236 g/mol. The number of rotatable bonds is 5. The minimum atomic E-state index is 0.535. The molecule has 0 bridgehead atoms. The molecule has 3 heteroatoms. The molecule has 1 aromatic carbocycles. The van der Waals surface area contributed by atoms with E-state index in [0.717, 1.165) is 37.0 Å². The van der Waals surface area contributed by atoms with Crippen molar-refractivity contribution in [1.82, 2.24) is 5.32 Å². The van der Waals surface area contributed by atoms with Crippen LogP contribution in [-0.4, -0.2) is 26.7 Å². The molecule has 0 aromatic heterocycles. The highest BCUT2D eigenvalue weighted by molar-refractivity contribution is 5.58. The lowest BCUT2D eigenvalue weighted by atomic mass is 9.98. The van der Waals surface area contributed by atoms with Crippen LogP contribution in [-0.2, 0) is 0 Å². The number of piperidine rings is 1. The molecular formula is C16H26N2O. The van der Waals surface area contributed by atoms with Gasteiger partial charge in [-0.1, -0.05) is 19.9 Å². The summed E-state index contributed by atoms with van der Waals surface area (Å²) in [6.07, 6.45) is 2.53. The van der Waals surface area contributed by atoms with Crippen LogP contribution in [0.5, 0.6) is 5.75 Å². The van der Waals surface area contributed by atoms with Crippen molar-refractivity contribution < 1.29 is 4.74 Å². The van der Waals surface area contributed by atoms with Crippen molar-refractivity contribution in [2.75, 3.05) is 32.1 Å². The predicted octanol–water partition coefficient (Wildman–Crippen LogP) is 3.23. The van der Waals surface area contributed by atoms with Crippen LogP contribution in [0.3, 0.4) is 0 Å². The summed E-state index contributed by atoms with van der Waals surface area (Å²) in [6.45, 7) is 7.75. The Morgan fingerprint density at radius 3 is 2.68 bits per heavy atom. The first kappa shape index (κ1) is 14.2. The summed E-state index contributed by atoms with van der Waals surface area (Å²) in [6, 6.07) is 6.49. The van der Waals surface area contributed by atoms with Gasteiger partial charge in [0.1, 0.15) is 5.75 Å². The third-order valence-electron chi connectivity index (χ3n) is 3.93. The summed E-state index contributed by atoms with van der Waals surface area (Å²) in [5.41, 5.74) is 2.44. The van der Waals surface area contributed by atoms with Gasteiger partial charge in [-0.15, -0.1) is 0 Å². The highest BCUT2D eigenvalue weighted by Crippen LogP contribution is 2.29. The summed E-state index contributed by atoms with van der Waals surface area (Å²) in [5, 5.41) is 6.95. The maximum absolute atomic E-state index is 5.50. The molecule has 2 rings (SSSR count). The van der Waals surface area contributed by atoms with Crippen LogP contribution in [0.15, 0.2) is 18.2 Å². The van der Waals surface area contributed by atoms with Gasteiger partial charge in [0.05, 0.1) is 12.8 Å². The van der Waals surface area contributed by atoms with Crippen LogP contribution in [0.1, 0.15) is 38.2 Å². The van der Waals surface area contributed by atoms with Gasteiger partial charge < -0.3 is 15.4 Å². The second kappa shape index (κ2) is 6.80. The fourth-order valence-electron chi connectivity index (χ4n) is 2.55. The van der Waals surface area contributed by atoms with Gasteiger partial charge in [0.2, 0.25) is 0 Å². The van der Waals surface area contributed by atoms with E-state index in [1.54, 1.807) is 7.11 Å². The first-order chi connectivity index (χ1) is 9.20. The summed E-state index contributed by atoms with van der Waals surface area (Å²) >= 11 is 0. The number of ether oxygens (including phenoxy) is 1. The van der Waals surface area contributed by atoms with Crippen LogP contribution < -0.4 is 15.4 Å². The first-order valence-electron chi connectivity index (χ1n) is 7.33. The maximum Gasteiger partial charge on any atom is 0.142 e. The summed E-state index contributed by atoms with van der Waals surface area (Å²) in [4.78, 5) is 0. The van der Waals surface area contributed by atoms with Gasteiger partial charge in [0.15, 0.2) is 0 Å². The molecule has 3 nitrogen and oxygen atoms in total. The Labute approximate surface area is 116 Å². The average Bonchev–Trinajstić information content (AvgIpc) is 2.45. The van der Waals surface area contributed by atoms with E-state index in [0.29, 0.717) is 5.92 Å². The Morgan fingerprint density at radius 1 is 1.32 bits per heavy atom. The summed E-state index contributed by atoms with van der Waals surface area (Å²) < 4.78 is 5.50. The molecule has 1 saturated heterocycles. The number of anilines is 1. The molecule has 0 atom stereocenters. The molecule has 1 heterocycles. The van der Waals surface area contributed by atoms with Crippen LogP contribution in [0, 0.1) is 5.92 Å². The quantitative estimate of drug-likeness (QED) is 0.854. The fourth-order valence-corrected chi connectivity index (χ4v) is 2.55. The highest BCUT2D eigenvalue weighted by Gasteiger charge is 2.13. The number of methoxy groups -OCH3 is 1. The third-order valence-corrected chi connectivity index (χ3v) is 3.93. The number of benzene rings is 1. The van der Waals surface area contributed by atoms with E-state index in [9.17, 15) is 0 Å². The van der Waals surface area contributed by atoms with Crippen molar-refractivity contribution in [3.05, 3.63) is 23.8 Å². The van der Waals surface area contributed by atoms with Gasteiger partial charge >= 0.3 is 0 Å². The van der Waals surface area contributed by atoms with E-state index in [4.69, 9.17) is 4.74 Å². The van der Waals surface area contributed by atoms with Crippen molar-refractivity contribution in [3.63, 3.8) is 0 Å². The van der Waals surface area contributed by atoms with E-state index < -0.39 is 0 Å². The monoisotopic (exact) mass is 262 g/mol. The fraction of sp³-hybridized carbons (Fsp3) is 0.625. The molecule has 0 saturated carbocycles. The molecule has 0 amide bonds. The Morgan fingerprint density at radius 2 is 2.05 bits per heavy atom. The molecule has 0 radical (unpaired) electrons. The molecule has 2 N–H and O–H groups in total. The molecule has 1 aliphatic heterocycles. The highest BCUT2D eigenvalue weighted by atomic mass is 16.5. The Kier molecular flexibility index (Phi) is 5.08. The van der Waals surface area contributed by atoms with Crippen molar-refractivity contribution in [2.45, 2.75) is 32.6 Å². The zero-order valence-corrected chi connectivity index (χ0v) is 12.3. The smallest absolute Gasteiger partial charge is 0.142 e. The Hall–Kier alpha value is -1.22. The van der Waals surface area contributed by atoms with Crippen molar-refractivity contribution in [2.24, 2.45) is 5.92 Å². The lowest BCUT2D eigenvalue weighted by Gasteiger charge is -2.24. The molecule has 19 heavy (non-hydrogen) atoms. The lowest BCUT2D eigenvalue weighted by Crippen LogP contribution is -2.31. The van der Waals surface area contributed by atoms with E-state index in [1.165, 1.54) is 18.4 Å². The zero-order valence-electron chi connectivity index (χ0n) is 12.3. The minimum Gasteiger partial charge on any atom is -0.495 e. The van der Waals surface area contributed by atoms with Crippen LogP contribution in [0.25, 0.3) is 0 Å². The standard InChI is InChI=1S/C16H26N2O/c1-12(2)14-4-5-15(16(10-14)19-3)18-11-13-6-8-17-9-7-13/h4-5,10,12-13,17-18H,6-9,11H2,1-3H3. The van der Waals surface area contributed by atoms with Gasteiger partial charge in [-0.3, -0.25) is 0 Å². The largest absolute Gasteiger partial charge is 0.495 e. The SMILES string of the molecule is COc1cc(C(C)C)ccc1NCC1CCNCC1. The molecule has 106 valence electrons. The van der Waals surface area contributed by atoms with E-state index >= 15 is 0 Å². The number of nitrogens with one attached hydrogen (secondary N) is 2. The topological polar surface area (TPSA) is 33.3 Å². The molecule has 0 spiro atoms. The summed E-state index contributed by atoms with van der Waals surface area (Å²) in [5.74, 6) is 2.27. The minimum absolute atomic E-state index is 0.535. The van der Waals surface area contributed by atoms with E-state index in [-0.39, 0.29) is 0 Å². The Balaban J connectivity index is 1.98. The molecule has 1 aromatic rings. The van der Waals surface area contributed by atoms with E-state index in [2.05, 4.69) is 42.7 Å². The van der Waals surface area contributed by atoms with Crippen molar-refractivity contribution in [1.29, 1.82) is 0 Å². The van der Waals surface area contributed by atoms with E-state index in [1.807, 2.05) is 0 Å². The van der Waals surface area contributed by atoms with Gasteiger partial charge in [-0.05, 0) is 55.5 Å². The summed E-state index contributed by atoms with van der Waals surface area (Å²) in [7, 11) is 1.75. The number of hydrogen-bond acceptors (Lipinski definition) is 3. The second-order valence-corrected chi connectivity index (χ2v) is 5.69. The molecule has 0 unspecified atom stereocenters. The molecule has 0 aliphatic carbocycles. The van der Waals surface area contributed by atoms with Crippen LogP contribution in [0.4, 0.5) is 5.69 Å². The van der Waals surface area contributed by atoms with Crippen LogP contribution >= 0.6 is 0 Å². The average molecular weight is 262 g/mol. The molecule has 1 fully saturated rings. The maximum atomic E-state index is 5.50. The Bertz CT molecular complexity index is 398. The second-order valence-electron chi connectivity index (χ2n) is 5.69. The normalized spacial score (nSPS) is 16.6. The van der Waals surface area contributed by atoms with Crippen molar-refractivity contribution >= 4 is 5.69 Å².